The summed E-state index contributed by atoms with van der Waals surface area (Å²) in [5.74, 6) is -2.44. The molecular weight excluding hydrogens is 282 g/mol. The molecule has 102 valence electrons. The third-order valence-corrected chi connectivity index (χ3v) is 2.37. The highest BCUT2D eigenvalue weighted by Gasteiger charge is 2.23. The summed E-state index contributed by atoms with van der Waals surface area (Å²) >= 11 is 5.60. The molecule has 0 bridgehead atoms. The molecule has 1 aromatic rings. The van der Waals surface area contributed by atoms with E-state index in [1.165, 1.54) is 0 Å². The summed E-state index contributed by atoms with van der Waals surface area (Å²) in [6.07, 6.45) is 0.861. The Kier molecular flexibility index (Phi) is 4.73. The number of halogens is 1. The van der Waals surface area contributed by atoms with E-state index < -0.39 is 35.1 Å². The number of nitrogens with zero attached hydrogens (tertiary/aromatic N) is 2. The largest absolute Gasteiger partial charge is 0.480 e. The zero-order chi connectivity index (χ0) is 14.6. The Morgan fingerprint density at radius 3 is 2.68 bits per heavy atom. The van der Waals surface area contributed by atoms with E-state index in [0.29, 0.717) is 0 Å². The molecule has 0 aliphatic heterocycles. The molecule has 0 spiro atoms. The fraction of sp³-hybridized carbons (Fsp3) is 0.222. The minimum absolute atomic E-state index is 0.315. The molecular formula is C9H8ClN3O6. The SMILES string of the molecule is O=C(N[C@H](CO)C(=O)O)c1cc([N+](=O)[O-])cnc1Cl. The quantitative estimate of drug-likeness (QED) is 0.387. The number of nitro groups is 1. The van der Waals surface area contributed by atoms with Crippen molar-refractivity contribution in [1.29, 1.82) is 0 Å². The summed E-state index contributed by atoms with van der Waals surface area (Å²) in [4.78, 5) is 35.5. The van der Waals surface area contributed by atoms with Crippen LogP contribution >= 0.6 is 11.6 Å². The van der Waals surface area contributed by atoms with E-state index in [1.807, 2.05) is 5.32 Å². The van der Waals surface area contributed by atoms with Gasteiger partial charge in [-0.3, -0.25) is 14.9 Å². The molecule has 9 nitrogen and oxygen atoms in total. The summed E-state index contributed by atoms with van der Waals surface area (Å²) in [5.41, 5.74) is -0.819. The van der Waals surface area contributed by atoms with Gasteiger partial charge in [-0.05, 0) is 0 Å². The molecule has 0 unspecified atom stereocenters. The van der Waals surface area contributed by atoms with Crippen LogP contribution in [0.25, 0.3) is 0 Å². The maximum Gasteiger partial charge on any atom is 0.328 e. The van der Waals surface area contributed by atoms with Crippen molar-refractivity contribution in [3.05, 3.63) is 33.1 Å². The molecule has 0 radical (unpaired) electrons. The standard InChI is InChI=1S/C9H8ClN3O6/c10-7-5(1-4(2-11-7)13(18)19)8(15)12-6(3-14)9(16)17/h1-2,6,14H,3H2,(H,12,15)(H,16,17)/t6-/m1/s1. The highest BCUT2D eigenvalue weighted by Crippen LogP contribution is 2.19. The van der Waals surface area contributed by atoms with E-state index in [0.717, 1.165) is 12.3 Å². The topological polar surface area (TPSA) is 143 Å². The van der Waals surface area contributed by atoms with Crippen LogP contribution < -0.4 is 5.32 Å². The van der Waals surface area contributed by atoms with Gasteiger partial charge in [-0.1, -0.05) is 11.6 Å². The summed E-state index contributed by atoms with van der Waals surface area (Å²) in [7, 11) is 0. The van der Waals surface area contributed by atoms with Gasteiger partial charge in [-0.25, -0.2) is 9.78 Å². The second-order valence-corrected chi connectivity index (χ2v) is 3.69. The number of aliphatic hydroxyl groups is 1. The molecule has 1 rings (SSSR count). The monoisotopic (exact) mass is 289 g/mol. The van der Waals surface area contributed by atoms with Crippen LogP contribution in [0, 0.1) is 10.1 Å². The zero-order valence-corrected chi connectivity index (χ0v) is 9.99. The van der Waals surface area contributed by atoms with Gasteiger partial charge >= 0.3 is 5.97 Å². The number of aromatic nitrogens is 1. The van der Waals surface area contributed by atoms with E-state index in [9.17, 15) is 19.7 Å². The molecule has 1 heterocycles. The first-order valence-corrected chi connectivity index (χ1v) is 5.19. The fourth-order valence-corrected chi connectivity index (χ4v) is 1.31. The maximum absolute atomic E-state index is 11.7. The molecule has 0 saturated carbocycles. The normalized spacial score (nSPS) is 11.7. The van der Waals surface area contributed by atoms with Gasteiger partial charge in [0.05, 0.1) is 17.1 Å². The van der Waals surface area contributed by atoms with Crippen molar-refractivity contribution in [3.8, 4) is 0 Å². The lowest BCUT2D eigenvalue weighted by molar-refractivity contribution is -0.385. The molecule has 19 heavy (non-hydrogen) atoms. The molecule has 0 aromatic carbocycles. The molecule has 1 aromatic heterocycles. The Bertz CT molecular complexity index is 535. The maximum atomic E-state index is 11.7. The second-order valence-electron chi connectivity index (χ2n) is 3.34. The van der Waals surface area contributed by atoms with E-state index >= 15 is 0 Å². The van der Waals surface area contributed by atoms with E-state index in [2.05, 4.69) is 4.98 Å². The highest BCUT2D eigenvalue weighted by atomic mass is 35.5. The van der Waals surface area contributed by atoms with E-state index in [-0.39, 0.29) is 10.7 Å². The van der Waals surface area contributed by atoms with Gasteiger partial charge in [0, 0.05) is 6.07 Å². The number of amides is 1. The number of carboxylic acids is 1. The summed E-state index contributed by atoms with van der Waals surface area (Å²) in [5, 5.41) is 29.6. The van der Waals surface area contributed by atoms with Crippen LogP contribution in [-0.4, -0.2) is 44.6 Å². The van der Waals surface area contributed by atoms with Crippen molar-refractivity contribution in [2.45, 2.75) is 6.04 Å². The molecule has 0 fully saturated rings. The van der Waals surface area contributed by atoms with Gasteiger partial charge < -0.3 is 15.5 Å². The minimum Gasteiger partial charge on any atom is -0.480 e. The molecule has 0 saturated heterocycles. The number of hydrogen-bond acceptors (Lipinski definition) is 6. The van der Waals surface area contributed by atoms with E-state index in [4.69, 9.17) is 21.8 Å². The van der Waals surface area contributed by atoms with Crippen molar-refractivity contribution < 1.29 is 24.7 Å². The van der Waals surface area contributed by atoms with Crippen molar-refractivity contribution in [1.82, 2.24) is 10.3 Å². The van der Waals surface area contributed by atoms with Gasteiger partial charge in [0.2, 0.25) is 0 Å². The van der Waals surface area contributed by atoms with Crippen LogP contribution in [0.5, 0.6) is 0 Å². The predicted octanol–water partition coefficient (Wildman–Crippen LogP) is -0.182. The smallest absolute Gasteiger partial charge is 0.328 e. The average molecular weight is 290 g/mol. The lowest BCUT2D eigenvalue weighted by Crippen LogP contribution is -2.43. The molecule has 3 N–H and O–H groups in total. The Balaban J connectivity index is 3.02. The first-order valence-electron chi connectivity index (χ1n) is 4.81. The average Bonchev–Trinajstić information content (AvgIpc) is 2.35. The molecule has 0 aliphatic rings. The van der Waals surface area contributed by atoms with Crippen LogP contribution in [-0.2, 0) is 4.79 Å². The van der Waals surface area contributed by atoms with Crippen molar-refractivity contribution in [3.63, 3.8) is 0 Å². The van der Waals surface area contributed by atoms with Crippen molar-refractivity contribution >= 4 is 29.2 Å². The highest BCUT2D eigenvalue weighted by molar-refractivity contribution is 6.32. The number of carbonyl (C=O) groups excluding carboxylic acids is 1. The number of carbonyl (C=O) groups is 2. The number of hydrogen-bond donors (Lipinski definition) is 3. The van der Waals surface area contributed by atoms with Crippen LogP contribution in [0.4, 0.5) is 5.69 Å². The Hall–Kier alpha value is -2.26. The summed E-state index contributed by atoms with van der Waals surface area (Å²) in [6.45, 7) is -0.832. The molecule has 10 heteroatoms. The number of aliphatic carboxylic acids is 1. The third-order valence-electron chi connectivity index (χ3n) is 2.07. The first-order chi connectivity index (χ1) is 8.86. The number of nitrogens with one attached hydrogen (secondary N) is 1. The lowest BCUT2D eigenvalue weighted by Gasteiger charge is -2.11. The summed E-state index contributed by atoms with van der Waals surface area (Å²) < 4.78 is 0. The van der Waals surface area contributed by atoms with Gasteiger partial charge in [0.15, 0.2) is 6.04 Å². The van der Waals surface area contributed by atoms with Crippen LogP contribution in [0.15, 0.2) is 12.3 Å². The zero-order valence-electron chi connectivity index (χ0n) is 9.24. The van der Waals surface area contributed by atoms with Crippen LogP contribution in [0.1, 0.15) is 10.4 Å². The second kappa shape index (κ2) is 6.07. The number of aliphatic hydroxyl groups excluding tert-OH is 1. The van der Waals surface area contributed by atoms with E-state index in [1.54, 1.807) is 0 Å². The summed E-state index contributed by atoms with van der Waals surface area (Å²) in [6, 6.07) is -0.677. The van der Waals surface area contributed by atoms with Crippen LogP contribution in [0.2, 0.25) is 5.15 Å². The lowest BCUT2D eigenvalue weighted by atomic mass is 10.2. The Labute approximate surface area is 111 Å². The predicted molar refractivity (Wildman–Crippen MR) is 61.9 cm³/mol. The fourth-order valence-electron chi connectivity index (χ4n) is 1.12. The van der Waals surface area contributed by atoms with Crippen molar-refractivity contribution in [2.75, 3.05) is 6.61 Å². The first kappa shape index (κ1) is 14.8. The number of carboxylic acid groups (broad SMARTS) is 1. The van der Waals surface area contributed by atoms with Gasteiger partial charge in [-0.15, -0.1) is 0 Å². The van der Waals surface area contributed by atoms with Crippen molar-refractivity contribution in [2.24, 2.45) is 0 Å². The number of rotatable bonds is 5. The molecule has 1 amide bonds. The minimum atomic E-state index is -1.54. The molecule has 0 aliphatic carbocycles. The number of pyridine rings is 1. The molecule has 1 atom stereocenters. The van der Waals surface area contributed by atoms with Gasteiger partial charge in [-0.2, -0.15) is 0 Å². The third kappa shape index (κ3) is 3.60. The van der Waals surface area contributed by atoms with Gasteiger partial charge in [0.25, 0.3) is 11.6 Å². The van der Waals surface area contributed by atoms with Gasteiger partial charge in [0.1, 0.15) is 11.3 Å². The Morgan fingerprint density at radius 1 is 1.58 bits per heavy atom. The van der Waals surface area contributed by atoms with Crippen LogP contribution in [0.3, 0.4) is 0 Å². The Morgan fingerprint density at radius 2 is 2.21 bits per heavy atom.